The molecule has 128 valence electrons. The zero-order valence-electron chi connectivity index (χ0n) is 14.1. The van der Waals surface area contributed by atoms with E-state index in [1.54, 1.807) is 12.1 Å². The van der Waals surface area contributed by atoms with Gasteiger partial charge in [-0.3, -0.25) is 9.69 Å². The van der Waals surface area contributed by atoms with E-state index in [0.717, 1.165) is 44.2 Å². The lowest BCUT2D eigenvalue weighted by molar-refractivity contribution is -0.123. The van der Waals surface area contributed by atoms with Gasteiger partial charge in [-0.25, -0.2) is 4.39 Å². The molecular weight excluding hydrogens is 305 g/mol. The molecule has 2 fully saturated rings. The Morgan fingerprint density at radius 2 is 2.17 bits per heavy atom. The molecule has 0 radical (unpaired) electrons. The maximum absolute atomic E-state index is 13.3. The minimum Gasteiger partial charge on any atom is -0.337 e. The number of nitrogens with one attached hydrogen (secondary N) is 1. The van der Waals surface area contributed by atoms with Gasteiger partial charge in [-0.05, 0) is 62.6 Å². The summed E-state index contributed by atoms with van der Waals surface area (Å²) in [5, 5.41) is 12.3. The number of rotatable bonds is 8. The summed E-state index contributed by atoms with van der Waals surface area (Å²) in [6.07, 6.45) is 4.95. The maximum atomic E-state index is 13.3. The number of carbonyl (C=O) groups excluding carboxylic acids is 1. The van der Waals surface area contributed by atoms with Gasteiger partial charge in [-0.2, -0.15) is 5.26 Å². The van der Waals surface area contributed by atoms with E-state index in [4.69, 9.17) is 0 Å². The number of halogens is 1. The highest BCUT2D eigenvalue weighted by atomic mass is 19.1. The van der Waals surface area contributed by atoms with E-state index in [0.29, 0.717) is 12.6 Å². The van der Waals surface area contributed by atoms with Gasteiger partial charge >= 0.3 is 0 Å². The van der Waals surface area contributed by atoms with Gasteiger partial charge in [-0.15, -0.1) is 0 Å². The average Bonchev–Trinajstić information content (AvgIpc) is 3.42. The Morgan fingerprint density at radius 1 is 1.42 bits per heavy atom. The summed E-state index contributed by atoms with van der Waals surface area (Å²) >= 11 is 0. The number of nitrogens with zero attached hydrogens (tertiary/aromatic N) is 2. The lowest BCUT2D eigenvalue weighted by atomic mass is 9.98. The van der Waals surface area contributed by atoms with Crippen molar-refractivity contribution >= 4 is 5.91 Å². The molecule has 0 aromatic heterocycles. The lowest BCUT2D eigenvalue weighted by Gasteiger charge is -2.26. The molecule has 0 saturated heterocycles. The first-order valence-electron chi connectivity index (χ1n) is 8.71. The Bertz CT molecular complexity index is 648. The minimum absolute atomic E-state index is 0.0860. The molecule has 1 atom stereocenters. The van der Waals surface area contributed by atoms with E-state index in [-0.39, 0.29) is 17.6 Å². The monoisotopic (exact) mass is 329 g/mol. The van der Waals surface area contributed by atoms with Crippen LogP contribution >= 0.6 is 0 Å². The van der Waals surface area contributed by atoms with Gasteiger partial charge in [0, 0.05) is 12.6 Å². The number of carbonyl (C=O) groups is 1. The first-order valence-corrected chi connectivity index (χ1v) is 8.71. The molecule has 2 saturated carbocycles. The highest BCUT2D eigenvalue weighted by Gasteiger charge is 2.43. The average molecular weight is 329 g/mol. The van der Waals surface area contributed by atoms with E-state index in [2.05, 4.69) is 16.3 Å². The molecule has 0 spiro atoms. The lowest BCUT2D eigenvalue weighted by Crippen LogP contribution is -2.50. The van der Waals surface area contributed by atoms with Gasteiger partial charge in [0.15, 0.2) is 0 Å². The van der Waals surface area contributed by atoms with Crippen molar-refractivity contribution in [1.82, 2.24) is 10.2 Å². The maximum Gasteiger partial charge on any atom is 0.235 e. The van der Waals surface area contributed by atoms with Crippen LogP contribution in [0.15, 0.2) is 24.3 Å². The molecule has 24 heavy (non-hydrogen) atoms. The fraction of sp³-hybridized carbons (Fsp3) is 0.579. The summed E-state index contributed by atoms with van der Waals surface area (Å²) in [7, 11) is 0. The number of amides is 1. The van der Waals surface area contributed by atoms with Crippen LogP contribution in [0.3, 0.4) is 0 Å². The van der Waals surface area contributed by atoms with Crippen LogP contribution in [0, 0.1) is 23.1 Å². The van der Waals surface area contributed by atoms with Gasteiger partial charge in [0.05, 0.1) is 12.6 Å². The van der Waals surface area contributed by atoms with Crippen molar-refractivity contribution in [2.75, 3.05) is 13.1 Å². The van der Waals surface area contributed by atoms with Crippen molar-refractivity contribution in [1.29, 1.82) is 5.26 Å². The van der Waals surface area contributed by atoms with E-state index in [1.807, 2.05) is 13.0 Å². The third kappa shape index (κ3) is 4.33. The number of hydrogen-bond acceptors (Lipinski definition) is 3. The molecular formula is C19H24FN3O. The van der Waals surface area contributed by atoms with Crippen LogP contribution in [0.25, 0.3) is 0 Å². The van der Waals surface area contributed by atoms with Crippen molar-refractivity contribution in [3.05, 3.63) is 35.6 Å². The second kappa shape index (κ2) is 6.90. The first kappa shape index (κ1) is 16.9. The highest BCUT2D eigenvalue weighted by molar-refractivity contribution is 5.79. The second-order valence-corrected chi connectivity index (χ2v) is 7.22. The smallest absolute Gasteiger partial charge is 0.235 e. The predicted octanol–water partition coefficient (Wildman–Crippen LogP) is 2.64. The molecule has 2 aliphatic carbocycles. The molecule has 5 heteroatoms. The predicted molar refractivity (Wildman–Crippen MR) is 89.6 cm³/mol. The van der Waals surface area contributed by atoms with Crippen molar-refractivity contribution < 1.29 is 9.18 Å². The fourth-order valence-electron chi connectivity index (χ4n) is 3.19. The Kier molecular flexibility index (Phi) is 4.86. The van der Waals surface area contributed by atoms with Crippen LogP contribution in [0.4, 0.5) is 4.39 Å². The number of benzene rings is 1. The third-order valence-electron chi connectivity index (χ3n) is 5.01. The molecule has 4 nitrogen and oxygen atoms in total. The van der Waals surface area contributed by atoms with E-state index >= 15 is 0 Å². The summed E-state index contributed by atoms with van der Waals surface area (Å²) < 4.78 is 13.3. The Balaban J connectivity index is 1.54. The van der Waals surface area contributed by atoms with Crippen molar-refractivity contribution in [3.8, 4) is 6.07 Å². The highest BCUT2D eigenvalue weighted by Crippen LogP contribution is 2.39. The topological polar surface area (TPSA) is 56.1 Å². The molecule has 0 bridgehead atoms. The van der Waals surface area contributed by atoms with Crippen LogP contribution in [-0.4, -0.2) is 35.5 Å². The SMILES string of the molecule is C[C@@](C#N)(NC(=O)CN(CCc1cccc(F)c1)C1CC1)C1CC1. The van der Waals surface area contributed by atoms with Crippen LogP contribution in [-0.2, 0) is 11.2 Å². The van der Waals surface area contributed by atoms with Gasteiger partial charge in [0.2, 0.25) is 5.91 Å². The van der Waals surface area contributed by atoms with Crippen molar-refractivity contribution in [2.45, 2.75) is 50.6 Å². The molecule has 3 rings (SSSR count). The molecule has 0 unspecified atom stereocenters. The van der Waals surface area contributed by atoms with Crippen molar-refractivity contribution in [2.24, 2.45) is 5.92 Å². The standard InChI is InChI=1S/C19H24FN3O/c1-19(13-21,15-5-6-15)22-18(24)12-23(17-7-8-17)10-9-14-3-2-4-16(20)11-14/h2-4,11,15,17H,5-10,12H2,1H3,(H,22,24)/t19-/m0/s1. The molecule has 1 amide bonds. The number of hydrogen-bond donors (Lipinski definition) is 1. The minimum atomic E-state index is -0.741. The summed E-state index contributed by atoms with van der Waals surface area (Å²) in [6.45, 7) is 2.86. The van der Waals surface area contributed by atoms with Gasteiger partial charge in [0.1, 0.15) is 11.4 Å². The molecule has 1 aromatic rings. The summed E-state index contributed by atoms with van der Waals surface area (Å²) in [5.74, 6) is -0.0253. The Hall–Kier alpha value is -1.93. The zero-order valence-corrected chi connectivity index (χ0v) is 14.1. The van der Waals surface area contributed by atoms with Crippen LogP contribution < -0.4 is 5.32 Å². The zero-order chi connectivity index (χ0) is 17.2. The van der Waals surface area contributed by atoms with E-state index < -0.39 is 5.54 Å². The summed E-state index contributed by atoms with van der Waals surface area (Å²) in [5.41, 5.74) is 0.204. The van der Waals surface area contributed by atoms with Gasteiger partial charge in [0.25, 0.3) is 0 Å². The Morgan fingerprint density at radius 3 is 2.75 bits per heavy atom. The quantitative estimate of drug-likeness (QED) is 0.798. The largest absolute Gasteiger partial charge is 0.337 e. The molecule has 2 aliphatic rings. The number of nitriles is 1. The van der Waals surface area contributed by atoms with Gasteiger partial charge in [-0.1, -0.05) is 12.1 Å². The molecule has 1 N–H and O–H groups in total. The molecule has 1 aromatic carbocycles. The van der Waals surface area contributed by atoms with Gasteiger partial charge < -0.3 is 5.32 Å². The van der Waals surface area contributed by atoms with E-state index in [1.165, 1.54) is 6.07 Å². The summed E-state index contributed by atoms with van der Waals surface area (Å²) in [4.78, 5) is 14.6. The van der Waals surface area contributed by atoms with Crippen LogP contribution in [0.1, 0.15) is 38.2 Å². The van der Waals surface area contributed by atoms with Crippen molar-refractivity contribution in [3.63, 3.8) is 0 Å². The molecule has 0 aliphatic heterocycles. The second-order valence-electron chi connectivity index (χ2n) is 7.22. The van der Waals surface area contributed by atoms with E-state index in [9.17, 15) is 14.4 Å². The third-order valence-corrected chi connectivity index (χ3v) is 5.01. The Labute approximate surface area is 142 Å². The van der Waals surface area contributed by atoms with Crippen LogP contribution in [0.2, 0.25) is 0 Å². The summed E-state index contributed by atoms with van der Waals surface area (Å²) in [6, 6.07) is 9.32. The molecule has 0 heterocycles. The first-order chi connectivity index (χ1) is 11.5. The fourth-order valence-corrected chi connectivity index (χ4v) is 3.19. The van der Waals surface area contributed by atoms with Crippen LogP contribution in [0.5, 0.6) is 0 Å². The normalized spacial score (nSPS) is 19.6.